The van der Waals surface area contributed by atoms with E-state index in [2.05, 4.69) is 5.32 Å². The van der Waals surface area contributed by atoms with E-state index >= 15 is 0 Å². The normalized spacial score (nSPS) is 19.5. The number of nitro benzene ring substituents is 1. The number of nitrogens with one attached hydrogen (secondary N) is 1. The monoisotopic (exact) mass is 234 g/mol. The molecule has 1 N–H and O–H groups in total. The van der Waals surface area contributed by atoms with Crippen LogP contribution in [0.15, 0.2) is 12.1 Å². The summed E-state index contributed by atoms with van der Waals surface area (Å²) < 4.78 is 0. The minimum Gasteiger partial charge on any atom is -0.314 e. The van der Waals surface area contributed by atoms with Gasteiger partial charge in [0.25, 0.3) is 5.69 Å². The predicted octanol–water partition coefficient (Wildman–Crippen LogP) is 2.51. The minimum atomic E-state index is -0.289. The van der Waals surface area contributed by atoms with Gasteiger partial charge < -0.3 is 5.32 Å². The second-order valence-corrected chi connectivity index (χ2v) is 4.83. The molecule has 0 aromatic heterocycles. The van der Waals surface area contributed by atoms with E-state index in [0.29, 0.717) is 6.04 Å². The molecule has 0 spiro atoms. The molecule has 0 amide bonds. The van der Waals surface area contributed by atoms with E-state index in [1.165, 1.54) is 18.4 Å². The summed E-state index contributed by atoms with van der Waals surface area (Å²) >= 11 is 0. The summed E-state index contributed by atoms with van der Waals surface area (Å²) in [5.74, 6) is 0. The van der Waals surface area contributed by atoms with Crippen molar-refractivity contribution in [1.29, 1.82) is 0 Å². The Labute approximate surface area is 101 Å². The lowest BCUT2D eigenvalue weighted by atomic mass is 9.99. The molecule has 1 heterocycles. The van der Waals surface area contributed by atoms with Crippen LogP contribution in [0.2, 0.25) is 0 Å². The maximum absolute atomic E-state index is 10.9. The highest BCUT2D eigenvalue weighted by Gasteiger charge is 2.18. The van der Waals surface area contributed by atoms with Gasteiger partial charge in [0, 0.05) is 17.2 Å². The zero-order chi connectivity index (χ0) is 12.4. The highest BCUT2D eigenvalue weighted by Crippen LogP contribution is 2.25. The smallest absolute Gasteiger partial charge is 0.275 e. The molecule has 1 fully saturated rings. The van der Waals surface area contributed by atoms with Crippen LogP contribution in [0.1, 0.15) is 29.5 Å². The number of benzene rings is 1. The van der Waals surface area contributed by atoms with Gasteiger partial charge in [-0.05, 0) is 57.4 Å². The van der Waals surface area contributed by atoms with Crippen molar-refractivity contribution in [2.75, 3.05) is 6.54 Å². The molecule has 4 heteroatoms. The van der Waals surface area contributed by atoms with Crippen molar-refractivity contribution < 1.29 is 4.92 Å². The van der Waals surface area contributed by atoms with Gasteiger partial charge in [-0.2, -0.15) is 0 Å². The molecule has 4 nitrogen and oxygen atoms in total. The fourth-order valence-electron chi connectivity index (χ4n) is 2.67. The number of nitro groups is 1. The van der Waals surface area contributed by atoms with E-state index in [1.807, 2.05) is 26.0 Å². The Hall–Kier alpha value is -1.42. The van der Waals surface area contributed by atoms with E-state index < -0.39 is 0 Å². The summed E-state index contributed by atoms with van der Waals surface area (Å²) in [7, 11) is 0. The van der Waals surface area contributed by atoms with Gasteiger partial charge >= 0.3 is 0 Å². The van der Waals surface area contributed by atoms with Gasteiger partial charge in [0.05, 0.1) is 4.92 Å². The third-order valence-electron chi connectivity index (χ3n) is 3.38. The van der Waals surface area contributed by atoms with Gasteiger partial charge in [0.1, 0.15) is 0 Å². The van der Waals surface area contributed by atoms with E-state index in [1.54, 1.807) is 0 Å². The topological polar surface area (TPSA) is 55.2 Å². The van der Waals surface area contributed by atoms with Crippen LogP contribution in [0, 0.1) is 24.0 Å². The molecule has 1 aliphatic rings. The average Bonchev–Trinajstić information content (AvgIpc) is 2.68. The second kappa shape index (κ2) is 4.84. The summed E-state index contributed by atoms with van der Waals surface area (Å²) in [6.45, 7) is 4.73. The third-order valence-corrected chi connectivity index (χ3v) is 3.38. The first-order valence-electron chi connectivity index (χ1n) is 6.06. The van der Waals surface area contributed by atoms with Crippen molar-refractivity contribution in [3.8, 4) is 0 Å². The Morgan fingerprint density at radius 1 is 1.41 bits per heavy atom. The van der Waals surface area contributed by atoms with Gasteiger partial charge in [-0.1, -0.05) is 0 Å². The zero-order valence-electron chi connectivity index (χ0n) is 10.3. The quantitative estimate of drug-likeness (QED) is 0.645. The molecular weight excluding hydrogens is 216 g/mol. The number of rotatable bonds is 3. The van der Waals surface area contributed by atoms with Crippen molar-refractivity contribution in [2.24, 2.45) is 0 Å². The molecule has 0 saturated carbocycles. The van der Waals surface area contributed by atoms with Crippen molar-refractivity contribution in [3.63, 3.8) is 0 Å². The van der Waals surface area contributed by atoms with Gasteiger partial charge in [0.2, 0.25) is 0 Å². The second-order valence-electron chi connectivity index (χ2n) is 4.83. The van der Waals surface area contributed by atoms with Gasteiger partial charge in [-0.3, -0.25) is 10.1 Å². The summed E-state index contributed by atoms with van der Waals surface area (Å²) in [5, 5.41) is 14.3. The minimum absolute atomic E-state index is 0.258. The molecule has 0 radical (unpaired) electrons. The van der Waals surface area contributed by atoms with Crippen LogP contribution in [0.5, 0.6) is 0 Å². The molecule has 2 rings (SSSR count). The summed E-state index contributed by atoms with van der Waals surface area (Å²) in [5.41, 5.74) is 2.99. The molecule has 0 aliphatic carbocycles. The van der Waals surface area contributed by atoms with Crippen LogP contribution in [0.25, 0.3) is 0 Å². The zero-order valence-corrected chi connectivity index (χ0v) is 10.3. The highest BCUT2D eigenvalue weighted by atomic mass is 16.6. The number of hydrogen-bond acceptors (Lipinski definition) is 3. The summed E-state index contributed by atoms with van der Waals surface area (Å²) in [6.07, 6.45) is 3.41. The average molecular weight is 234 g/mol. The van der Waals surface area contributed by atoms with E-state index in [4.69, 9.17) is 0 Å². The maximum Gasteiger partial charge on any atom is 0.275 e. The lowest BCUT2D eigenvalue weighted by molar-refractivity contribution is -0.386. The number of nitrogens with zero attached hydrogens (tertiary/aromatic N) is 1. The predicted molar refractivity (Wildman–Crippen MR) is 67.3 cm³/mol. The Morgan fingerprint density at radius 2 is 2.06 bits per heavy atom. The van der Waals surface area contributed by atoms with Crippen molar-refractivity contribution in [1.82, 2.24) is 5.32 Å². The Kier molecular flexibility index (Phi) is 3.43. The molecule has 1 atom stereocenters. The number of aryl methyl sites for hydroxylation is 2. The lowest BCUT2D eigenvalue weighted by Crippen LogP contribution is -2.23. The Morgan fingerprint density at radius 3 is 2.53 bits per heavy atom. The van der Waals surface area contributed by atoms with Crippen LogP contribution < -0.4 is 5.32 Å². The van der Waals surface area contributed by atoms with E-state index in [9.17, 15) is 10.1 Å². The summed E-state index contributed by atoms with van der Waals surface area (Å²) in [6, 6.07) is 4.44. The van der Waals surface area contributed by atoms with Crippen LogP contribution in [0.3, 0.4) is 0 Å². The third kappa shape index (κ3) is 2.64. The molecule has 1 aliphatic heterocycles. The van der Waals surface area contributed by atoms with Crippen LogP contribution >= 0.6 is 0 Å². The largest absolute Gasteiger partial charge is 0.314 e. The molecule has 1 aromatic carbocycles. The van der Waals surface area contributed by atoms with Crippen LogP contribution in [-0.4, -0.2) is 17.5 Å². The first kappa shape index (κ1) is 12.0. The Bertz CT molecular complexity index is 414. The van der Waals surface area contributed by atoms with Gasteiger partial charge in [0.15, 0.2) is 0 Å². The van der Waals surface area contributed by atoms with Crippen LogP contribution in [0.4, 0.5) is 5.69 Å². The van der Waals surface area contributed by atoms with E-state index in [-0.39, 0.29) is 10.6 Å². The standard InChI is InChI=1S/C13H18N2O2/c1-9-6-11(8-12-4-3-5-14-12)7-10(2)13(9)15(16)17/h6-7,12,14H,3-5,8H2,1-2H3. The van der Waals surface area contributed by atoms with Crippen molar-refractivity contribution in [3.05, 3.63) is 38.9 Å². The molecule has 1 saturated heterocycles. The maximum atomic E-state index is 10.9. The number of hydrogen-bond donors (Lipinski definition) is 1. The first-order chi connectivity index (χ1) is 8.08. The van der Waals surface area contributed by atoms with E-state index in [0.717, 1.165) is 24.1 Å². The van der Waals surface area contributed by atoms with Crippen molar-refractivity contribution >= 4 is 5.69 Å². The fourth-order valence-corrected chi connectivity index (χ4v) is 2.67. The van der Waals surface area contributed by atoms with Gasteiger partial charge in [-0.25, -0.2) is 0 Å². The lowest BCUT2D eigenvalue weighted by Gasteiger charge is -2.11. The summed E-state index contributed by atoms with van der Waals surface area (Å²) in [4.78, 5) is 10.6. The highest BCUT2D eigenvalue weighted by molar-refractivity contribution is 5.49. The molecule has 1 unspecified atom stereocenters. The molecule has 92 valence electrons. The molecular formula is C13H18N2O2. The fraction of sp³-hybridized carbons (Fsp3) is 0.538. The van der Waals surface area contributed by atoms with Crippen LogP contribution in [-0.2, 0) is 6.42 Å². The molecule has 17 heavy (non-hydrogen) atoms. The first-order valence-corrected chi connectivity index (χ1v) is 6.06. The van der Waals surface area contributed by atoms with Crippen molar-refractivity contribution in [2.45, 2.75) is 39.2 Å². The molecule has 0 bridgehead atoms. The Balaban J connectivity index is 2.22. The van der Waals surface area contributed by atoms with Gasteiger partial charge in [-0.15, -0.1) is 0 Å². The SMILES string of the molecule is Cc1cc(CC2CCCN2)cc(C)c1[N+](=O)[O-]. The molecule has 1 aromatic rings.